The minimum absolute atomic E-state index is 0.0671. The van der Waals surface area contributed by atoms with Gasteiger partial charge in [0.1, 0.15) is 5.82 Å². The van der Waals surface area contributed by atoms with Gasteiger partial charge in [-0.25, -0.2) is 4.98 Å². The van der Waals surface area contributed by atoms with Crippen molar-refractivity contribution in [1.82, 2.24) is 20.2 Å². The molecule has 1 unspecified atom stereocenters. The van der Waals surface area contributed by atoms with E-state index in [0.717, 1.165) is 35.4 Å². The van der Waals surface area contributed by atoms with E-state index in [1.807, 2.05) is 49.5 Å². The summed E-state index contributed by atoms with van der Waals surface area (Å²) in [5.41, 5.74) is 3.86. The number of nitrogens with one attached hydrogen (secondary N) is 2. The summed E-state index contributed by atoms with van der Waals surface area (Å²) in [5.74, 6) is 0.939. The van der Waals surface area contributed by atoms with Crippen LogP contribution in [0.25, 0.3) is 11.0 Å². The molecular formula is C21H24N4O. The number of hydrogen-bond donors (Lipinski definition) is 2. The van der Waals surface area contributed by atoms with E-state index in [1.54, 1.807) is 0 Å². The number of nitrogens with zero attached hydrogens (tertiary/aromatic N) is 2. The van der Waals surface area contributed by atoms with Gasteiger partial charge in [-0.2, -0.15) is 0 Å². The summed E-state index contributed by atoms with van der Waals surface area (Å²) in [6.45, 7) is 4.04. The highest BCUT2D eigenvalue weighted by atomic mass is 16.2. The maximum Gasteiger partial charge on any atom is 0.232 e. The van der Waals surface area contributed by atoms with Gasteiger partial charge in [-0.05, 0) is 37.1 Å². The zero-order valence-corrected chi connectivity index (χ0v) is 15.2. The Balaban J connectivity index is 1.59. The lowest BCUT2D eigenvalue weighted by Crippen LogP contribution is -2.46. The van der Waals surface area contributed by atoms with Crippen molar-refractivity contribution in [2.45, 2.75) is 25.3 Å². The van der Waals surface area contributed by atoms with Crippen LogP contribution in [-0.4, -0.2) is 28.5 Å². The Kier molecular flexibility index (Phi) is 4.24. The van der Waals surface area contributed by atoms with Crippen molar-refractivity contribution < 1.29 is 4.79 Å². The summed E-state index contributed by atoms with van der Waals surface area (Å²) in [6.07, 6.45) is 0.810. The molecule has 3 aromatic rings. The third-order valence-corrected chi connectivity index (χ3v) is 5.51. The summed E-state index contributed by atoms with van der Waals surface area (Å²) in [4.78, 5) is 17.8. The van der Waals surface area contributed by atoms with Gasteiger partial charge >= 0.3 is 0 Å². The largest absolute Gasteiger partial charge is 0.348 e. The number of carbonyl (C=O) groups excluding carboxylic acids is 1. The van der Waals surface area contributed by atoms with Gasteiger partial charge in [-0.1, -0.05) is 42.5 Å². The summed E-state index contributed by atoms with van der Waals surface area (Å²) in [5, 5.41) is 6.49. The quantitative estimate of drug-likeness (QED) is 0.761. The van der Waals surface area contributed by atoms with Crippen LogP contribution in [0.4, 0.5) is 0 Å². The van der Waals surface area contributed by atoms with Crippen molar-refractivity contribution in [2.24, 2.45) is 7.05 Å². The third-order valence-electron chi connectivity index (χ3n) is 5.51. The monoisotopic (exact) mass is 348 g/mol. The number of benzene rings is 2. The molecule has 2 aromatic carbocycles. The molecule has 1 fully saturated rings. The van der Waals surface area contributed by atoms with E-state index in [1.165, 1.54) is 5.56 Å². The normalized spacial score (nSPS) is 19.8. The maximum absolute atomic E-state index is 13.1. The van der Waals surface area contributed by atoms with E-state index in [0.29, 0.717) is 13.1 Å². The molecule has 134 valence electrons. The molecule has 5 nitrogen and oxygen atoms in total. The molecule has 0 spiro atoms. The summed E-state index contributed by atoms with van der Waals surface area (Å²) in [7, 11) is 2.01. The van der Waals surface area contributed by atoms with Gasteiger partial charge in [-0.3, -0.25) is 4.79 Å². The molecule has 1 atom stereocenters. The van der Waals surface area contributed by atoms with E-state index in [-0.39, 0.29) is 5.91 Å². The number of imidazole rings is 1. The highest BCUT2D eigenvalue weighted by molar-refractivity contribution is 5.89. The Morgan fingerprint density at radius 1 is 1.23 bits per heavy atom. The minimum atomic E-state index is -0.498. The smallest absolute Gasteiger partial charge is 0.232 e. The lowest BCUT2D eigenvalue weighted by molar-refractivity contribution is -0.126. The summed E-state index contributed by atoms with van der Waals surface area (Å²) < 4.78 is 2.08. The van der Waals surface area contributed by atoms with E-state index >= 15 is 0 Å². The molecule has 1 aromatic heterocycles. The number of para-hydroxylation sites is 1. The number of aryl methyl sites for hydroxylation is 2. The molecule has 0 bridgehead atoms. The van der Waals surface area contributed by atoms with Gasteiger partial charge in [0.15, 0.2) is 0 Å². The van der Waals surface area contributed by atoms with Gasteiger partial charge in [0.25, 0.3) is 0 Å². The SMILES string of the molecule is Cc1cccc2nc(CNC(=O)C3(c4ccccc4)CCNC3)n(C)c12. The third kappa shape index (κ3) is 2.69. The predicted octanol–water partition coefficient (Wildman–Crippen LogP) is 2.43. The number of amides is 1. The van der Waals surface area contributed by atoms with Crippen molar-refractivity contribution in [3.63, 3.8) is 0 Å². The van der Waals surface area contributed by atoms with Crippen molar-refractivity contribution in [1.29, 1.82) is 0 Å². The van der Waals surface area contributed by atoms with Crippen LogP contribution in [0.15, 0.2) is 48.5 Å². The van der Waals surface area contributed by atoms with Crippen LogP contribution in [0.1, 0.15) is 23.4 Å². The molecule has 1 aliphatic heterocycles. The Bertz CT molecular complexity index is 939. The minimum Gasteiger partial charge on any atom is -0.348 e. The average Bonchev–Trinajstić information content (AvgIpc) is 3.27. The van der Waals surface area contributed by atoms with Crippen LogP contribution in [0.3, 0.4) is 0 Å². The van der Waals surface area contributed by atoms with E-state index in [4.69, 9.17) is 4.98 Å². The first kappa shape index (κ1) is 16.8. The zero-order chi connectivity index (χ0) is 18.1. The number of hydrogen-bond acceptors (Lipinski definition) is 3. The number of aromatic nitrogens is 2. The maximum atomic E-state index is 13.1. The Hall–Kier alpha value is -2.66. The zero-order valence-electron chi connectivity index (χ0n) is 15.2. The Labute approximate surface area is 153 Å². The highest BCUT2D eigenvalue weighted by Crippen LogP contribution is 2.31. The first-order valence-corrected chi connectivity index (χ1v) is 9.07. The molecule has 2 N–H and O–H groups in total. The molecule has 1 amide bonds. The standard InChI is InChI=1S/C21H24N4O/c1-15-7-6-10-17-19(15)25(2)18(24-17)13-23-20(26)21(11-12-22-14-21)16-8-4-3-5-9-16/h3-10,22H,11-14H2,1-2H3,(H,23,26). The first-order chi connectivity index (χ1) is 12.6. The van der Waals surface area contributed by atoms with Crippen LogP contribution < -0.4 is 10.6 Å². The molecule has 26 heavy (non-hydrogen) atoms. The summed E-state index contributed by atoms with van der Waals surface area (Å²) >= 11 is 0. The fourth-order valence-electron chi connectivity index (χ4n) is 4.02. The van der Waals surface area contributed by atoms with Crippen molar-refractivity contribution in [2.75, 3.05) is 13.1 Å². The van der Waals surface area contributed by atoms with Crippen molar-refractivity contribution >= 4 is 16.9 Å². The first-order valence-electron chi connectivity index (χ1n) is 9.07. The lowest BCUT2D eigenvalue weighted by atomic mass is 9.79. The molecule has 0 radical (unpaired) electrons. The second-order valence-electron chi connectivity index (χ2n) is 7.09. The number of carbonyl (C=O) groups is 1. The van der Waals surface area contributed by atoms with E-state index in [2.05, 4.69) is 28.2 Å². The lowest BCUT2D eigenvalue weighted by Gasteiger charge is -2.27. The van der Waals surface area contributed by atoms with Gasteiger partial charge in [0, 0.05) is 13.6 Å². The van der Waals surface area contributed by atoms with Gasteiger partial charge in [0.2, 0.25) is 5.91 Å². The molecule has 1 aliphatic rings. The van der Waals surface area contributed by atoms with Crippen LogP contribution >= 0.6 is 0 Å². The predicted molar refractivity (Wildman–Crippen MR) is 103 cm³/mol. The molecule has 5 heteroatoms. The molecule has 4 rings (SSSR count). The van der Waals surface area contributed by atoms with Crippen LogP contribution in [0, 0.1) is 6.92 Å². The van der Waals surface area contributed by atoms with E-state index in [9.17, 15) is 4.79 Å². The van der Waals surface area contributed by atoms with Gasteiger partial charge < -0.3 is 15.2 Å². The average molecular weight is 348 g/mol. The van der Waals surface area contributed by atoms with E-state index < -0.39 is 5.41 Å². The Morgan fingerprint density at radius 2 is 2.04 bits per heavy atom. The topological polar surface area (TPSA) is 59.0 Å². The molecule has 1 saturated heterocycles. The number of rotatable bonds is 4. The highest BCUT2D eigenvalue weighted by Gasteiger charge is 2.42. The molecule has 2 heterocycles. The molecule has 0 aliphatic carbocycles. The second-order valence-corrected chi connectivity index (χ2v) is 7.09. The van der Waals surface area contributed by atoms with Crippen molar-refractivity contribution in [3.05, 3.63) is 65.5 Å². The van der Waals surface area contributed by atoms with Crippen LogP contribution in [-0.2, 0) is 23.8 Å². The Morgan fingerprint density at radius 3 is 2.73 bits per heavy atom. The fourth-order valence-corrected chi connectivity index (χ4v) is 4.02. The molecule has 0 saturated carbocycles. The summed E-state index contributed by atoms with van der Waals surface area (Å²) in [6, 6.07) is 16.2. The fraction of sp³-hybridized carbons (Fsp3) is 0.333. The second kappa shape index (κ2) is 6.57. The number of fused-ring (bicyclic) bond motifs is 1. The molecular weight excluding hydrogens is 324 g/mol. The van der Waals surface area contributed by atoms with Crippen LogP contribution in [0.5, 0.6) is 0 Å². The van der Waals surface area contributed by atoms with Crippen LogP contribution in [0.2, 0.25) is 0 Å². The van der Waals surface area contributed by atoms with Crippen molar-refractivity contribution in [3.8, 4) is 0 Å². The van der Waals surface area contributed by atoms with Gasteiger partial charge in [-0.15, -0.1) is 0 Å². The van der Waals surface area contributed by atoms with Gasteiger partial charge in [0.05, 0.1) is 23.0 Å².